The molecule has 0 bridgehead atoms. The van der Waals surface area contributed by atoms with E-state index in [-0.39, 0.29) is 0 Å². The maximum absolute atomic E-state index is 11.6. The van der Waals surface area contributed by atoms with Crippen LogP contribution in [0.5, 0.6) is 0 Å². The lowest BCUT2D eigenvalue weighted by Gasteiger charge is -2.10. The van der Waals surface area contributed by atoms with E-state index in [4.69, 9.17) is 20.8 Å². The highest BCUT2D eigenvalue weighted by molar-refractivity contribution is 6.31. The molecular formula is C13H12ClNO3. The van der Waals surface area contributed by atoms with Gasteiger partial charge >= 0.3 is 5.97 Å². The monoisotopic (exact) mass is 265 g/mol. The largest absolute Gasteiger partial charge is 0.467 e. The second kappa shape index (κ2) is 5.60. The molecule has 2 rings (SSSR count). The summed E-state index contributed by atoms with van der Waals surface area (Å²) in [6.07, 6.45) is 1.59. The Morgan fingerprint density at radius 2 is 2.28 bits per heavy atom. The number of furan rings is 1. The van der Waals surface area contributed by atoms with Gasteiger partial charge in [0.05, 0.1) is 31.2 Å². The van der Waals surface area contributed by atoms with E-state index in [0.717, 1.165) is 5.76 Å². The van der Waals surface area contributed by atoms with Crippen LogP contribution in [0, 0.1) is 0 Å². The molecule has 0 radical (unpaired) electrons. The van der Waals surface area contributed by atoms with Gasteiger partial charge in [-0.2, -0.15) is 0 Å². The number of methoxy groups -OCH3 is 1. The molecule has 0 amide bonds. The molecule has 1 heterocycles. The van der Waals surface area contributed by atoms with Gasteiger partial charge in [-0.1, -0.05) is 11.6 Å². The Morgan fingerprint density at radius 3 is 2.94 bits per heavy atom. The number of benzene rings is 1. The molecule has 0 saturated carbocycles. The average molecular weight is 266 g/mol. The van der Waals surface area contributed by atoms with E-state index >= 15 is 0 Å². The van der Waals surface area contributed by atoms with Gasteiger partial charge in [-0.15, -0.1) is 0 Å². The third kappa shape index (κ3) is 2.84. The lowest BCUT2D eigenvalue weighted by atomic mass is 10.1. The van der Waals surface area contributed by atoms with Crippen LogP contribution in [0.25, 0.3) is 0 Å². The molecule has 1 aromatic carbocycles. The fraction of sp³-hybridized carbons (Fsp3) is 0.154. The predicted octanol–water partition coefficient (Wildman–Crippen LogP) is 3.33. The zero-order chi connectivity index (χ0) is 13.0. The summed E-state index contributed by atoms with van der Waals surface area (Å²) >= 11 is 5.91. The van der Waals surface area contributed by atoms with E-state index < -0.39 is 5.97 Å². The highest BCUT2D eigenvalue weighted by Gasteiger charge is 2.12. The summed E-state index contributed by atoms with van der Waals surface area (Å²) in [4.78, 5) is 11.6. The summed E-state index contributed by atoms with van der Waals surface area (Å²) in [5, 5.41) is 3.64. The van der Waals surface area contributed by atoms with Crippen LogP contribution in [0.1, 0.15) is 16.1 Å². The Labute approximate surface area is 110 Å². The second-order valence-electron chi connectivity index (χ2n) is 3.61. The van der Waals surface area contributed by atoms with E-state index in [1.54, 1.807) is 30.5 Å². The molecule has 0 aliphatic rings. The molecule has 5 heteroatoms. The third-order valence-electron chi connectivity index (χ3n) is 2.42. The number of nitrogens with one attached hydrogen (secondary N) is 1. The second-order valence-corrected chi connectivity index (χ2v) is 4.05. The normalized spacial score (nSPS) is 10.1. The Hall–Kier alpha value is -1.94. The van der Waals surface area contributed by atoms with Crippen LogP contribution in [-0.4, -0.2) is 13.1 Å². The number of hydrogen-bond donors (Lipinski definition) is 1. The first-order valence-electron chi connectivity index (χ1n) is 5.35. The van der Waals surface area contributed by atoms with Crippen molar-refractivity contribution in [2.45, 2.75) is 6.54 Å². The Balaban J connectivity index is 2.19. The first-order valence-corrected chi connectivity index (χ1v) is 5.72. The minimum Gasteiger partial charge on any atom is -0.467 e. The molecule has 1 aromatic heterocycles. The minimum absolute atomic E-state index is 0.409. The Morgan fingerprint density at radius 1 is 1.44 bits per heavy atom. The molecule has 18 heavy (non-hydrogen) atoms. The molecule has 0 aliphatic heterocycles. The number of halogens is 1. The third-order valence-corrected chi connectivity index (χ3v) is 2.66. The van der Waals surface area contributed by atoms with Crippen LogP contribution in [0.3, 0.4) is 0 Å². The van der Waals surface area contributed by atoms with Crippen LogP contribution in [0.2, 0.25) is 5.02 Å². The highest BCUT2D eigenvalue weighted by Crippen LogP contribution is 2.22. The van der Waals surface area contributed by atoms with Gasteiger partial charge in [-0.05, 0) is 30.3 Å². The molecule has 2 aromatic rings. The Kier molecular flexibility index (Phi) is 3.89. The zero-order valence-electron chi connectivity index (χ0n) is 9.77. The lowest BCUT2D eigenvalue weighted by Crippen LogP contribution is -2.08. The van der Waals surface area contributed by atoms with E-state index in [9.17, 15) is 4.79 Å². The van der Waals surface area contributed by atoms with Gasteiger partial charge in [0.25, 0.3) is 0 Å². The molecular weight excluding hydrogens is 254 g/mol. The number of carbonyl (C=O) groups excluding carboxylic acids is 1. The highest BCUT2D eigenvalue weighted by atomic mass is 35.5. The van der Waals surface area contributed by atoms with Crippen LogP contribution < -0.4 is 5.32 Å². The molecule has 0 spiro atoms. The topological polar surface area (TPSA) is 51.5 Å². The molecule has 0 fully saturated rings. The summed E-state index contributed by atoms with van der Waals surface area (Å²) in [5.41, 5.74) is 1.05. The van der Waals surface area contributed by atoms with Crippen molar-refractivity contribution in [2.75, 3.05) is 12.4 Å². The fourth-order valence-corrected chi connectivity index (χ4v) is 1.72. The van der Waals surface area contributed by atoms with Crippen LogP contribution in [-0.2, 0) is 11.3 Å². The maximum atomic E-state index is 11.6. The van der Waals surface area contributed by atoms with Crippen LogP contribution in [0.4, 0.5) is 5.69 Å². The van der Waals surface area contributed by atoms with Crippen molar-refractivity contribution >= 4 is 23.3 Å². The summed E-state index contributed by atoms with van der Waals surface area (Å²) in [7, 11) is 1.34. The van der Waals surface area contributed by atoms with Crippen molar-refractivity contribution in [3.8, 4) is 0 Å². The van der Waals surface area contributed by atoms with E-state index in [2.05, 4.69) is 5.32 Å². The first-order chi connectivity index (χ1) is 8.70. The molecule has 94 valence electrons. The van der Waals surface area contributed by atoms with Crippen LogP contribution >= 0.6 is 11.6 Å². The number of carbonyl (C=O) groups is 1. The predicted molar refractivity (Wildman–Crippen MR) is 68.8 cm³/mol. The molecule has 1 N–H and O–H groups in total. The summed E-state index contributed by atoms with van der Waals surface area (Å²) in [6.45, 7) is 0.470. The van der Waals surface area contributed by atoms with Gasteiger partial charge in [0.1, 0.15) is 5.76 Å². The van der Waals surface area contributed by atoms with Gasteiger partial charge in [0, 0.05) is 5.02 Å². The molecule has 0 unspecified atom stereocenters. The van der Waals surface area contributed by atoms with E-state index in [1.807, 2.05) is 6.07 Å². The zero-order valence-corrected chi connectivity index (χ0v) is 10.5. The lowest BCUT2D eigenvalue weighted by molar-refractivity contribution is 0.0602. The molecule has 4 nitrogen and oxygen atoms in total. The van der Waals surface area contributed by atoms with Gasteiger partial charge in [0.15, 0.2) is 0 Å². The smallest absolute Gasteiger partial charge is 0.339 e. The van der Waals surface area contributed by atoms with Crippen molar-refractivity contribution in [1.82, 2.24) is 0 Å². The molecule has 0 atom stereocenters. The SMILES string of the molecule is COC(=O)c1ccc(Cl)cc1NCc1ccco1. The first kappa shape index (κ1) is 12.5. The fourth-order valence-electron chi connectivity index (χ4n) is 1.55. The van der Waals surface area contributed by atoms with Gasteiger partial charge in [0.2, 0.25) is 0 Å². The van der Waals surface area contributed by atoms with Gasteiger partial charge < -0.3 is 14.5 Å². The Bertz CT molecular complexity index is 537. The minimum atomic E-state index is -0.409. The summed E-state index contributed by atoms with van der Waals surface area (Å²) in [5.74, 6) is 0.361. The number of hydrogen-bond acceptors (Lipinski definition) is 4. The van der Waals surface area contributed by atoms with Crippen molar-refractivity contribution < 1.29 is 13.9 Å². The summed E-state index contributed by atoms with van der Waals surface area (Å²) < 4.78 is 9.91. The molecule has 0 aliphatic carbocycles. The maximum Gasteiger partial charge on any atom is 0.339 e. The number of esters is 1. The van der Waals surface area contributed by atoms with Crippen molar-refractivity contribution in [1.29, 1.82) is 0 Å². The summed E-state index contributed by atoms with van der Waals surface area (Å²) in [6, 6.07) is 8.59. The van der Waals surface area contributed by atoms with E-state index in [1.165, 1.54) is 7.11 Å². The molecule has 0 saturated heterocycles. The van der Waals surface area contributed by atoms with Crippen molar-refractivity contribution in [3.63, 3.8) is 0 Å². The van der Waals surface area contributed by atoms with Crippen molar-refractivity contribution in [3.05, 3.63) is 52.9 Å². The quantitative estimate of drug-likeness (QED) is 0.862. The van der Waals surface area contributed by atoms with E-state index in [0.29, 0.717) is 22.8 Å². The number of ether oxygens (including phenoxy) is 1. The standard InChI is InChI=1S/C13H12ClNO3/c1-17-13(16)11-5-4-9(14)7-12(11)15-8-10-3-2-6-18-10/h2-7,15H,8H2,1H3. The van der Waals surface area contributed by atoms with Crippen LogP contribution in [0.15, 0.2) is 41.0 Å². The van der Waals surface area contributed by atoms with Crippen molar-refractivity contribution in [2.24, 2.45) is 0 Å². The number of rotatable bonds is 4. The average Bonchev–Trinajstić information content (AvgIpc) is 2.88. The van der Waals surface area contributed by atoms with Gasteiger partial charge in [-0.3, -0.25) is 0 Å². The number of anilines is 1. The van der Waals surface area contributed by atoms with Gasteiger partial charge in [-0.25, -0.2) is 4.79 Å².